The molecule has 1 rings (SSSR count). The smallest absolute Gasteiger partial charge is 0.288 e. The molecule has 0 spiro atoms. The van der Waals surface area contributed by atoms with E-state index in [2.05, 4.69) is 0 Å². The number of nitrogens with zero attached hydrogens (tertiary/aromatic N) is 1. The van der Waals surface area contributed by atoms with E-state index in [9.17, 15) is 4.79 Å². The number of hydrogen-bond acceptors (Lipinski definition) is 2. The van der Waals surface area contributed by atoms with Crippen molar-refractivity contribution >= 4 is 5.91 Å². The van der Waals surface area contributed by atoms with Crippen molar-refractivity contribution in [2.45, 2.75) is 13.3 Å². The third kappa shape index (κ3) is 1.73. The molecule has 0 fully saturated rings. The number of ether oxygens (including phenoxy) is 1. The van der Waals surface area contributed by atoms with Gasteiger partial charge in [0.05, 0.1) is 6.61 Å². The second-order valence-electron chi connectivity index (χ2n) is 2.52. The summed E-state index contributed by atoms with van der Waals surface area (Å²) in [5, 5.41) is 0. The molecule has 0 saturated heterocycles. The van der Waals surface area contributed by atoms with Crippen LogP contribution in [0.15, 0.2) is 11.8 Å². The van der Waals surface area contributed by atoms with Gasteiger partial charge in [-0.05, 0) is 13.0 Å². The molecular formula is C8H13NO2. The lowest BCUT2D eigenvalue weighted by atomic mass is 10.4. The van der Waals surface area contributed by atoms with Crippen LogP contribution in [0.5, 0.6) is 0 Å². The normalized spacial score (nSPS) is 15.6. The minimum atomic E-state index is -0.00926. The summed E-state index contributed by atoms with van der Waals surface area (Å²) >= 11 is 0. The van der Waals surface area contributed by atoms with Gasteiger partial charge in [-0.2, -0.15) is 0 Å². The summed E-state index contributed by atoms with van der Waals surface area (Å²) in [6.07, 6.45) is 2.70. The number of hydrogen-bond donors (Lipinski definition) is 0. The molecule has 0 aromatic heterocycles. The summed E-state index contributed by atoms with van der Waals surface area (Å²) < 4.78 is 5.11. The van der Waals surface area contributed by atoms with Crippen molar-refractivity contribution in [3.05, 3.63) is 11.8 Å². The molecule has 3 nitrogen and oxygen atoms in total. The highest BCUT2D eigenvalue weighted by atomic mass is 16.5. The van der Waals surface area contributed by atoms with Gasteiger partial charge >= 0.3 is 0 Å². The van der Waals surface area contributed by atoms with Gasteiger partial charge in [-0.3, -0.25) is 4.79 Å². The Morgan fingerprint density at radius 3 is 3.00 bits per heavy atom. The highest BCUT2D eigenvalue weighted by molar-refractivity contribution is 5.91. The lowest BCUT2D eigenvalue weighted by molar-refractivity contribution is -0.128. The van der Waals surface area contributed by atoms with Gasteiger partial charge in [0.25, 0.3) is 5.91 Å². The van der Waals surface area contributed by atoms with Crippen LogP contribution >= 0.6 is 0 Å². The van der Waals surface area contributed by atoms with Gasteiger partial charge in [0.1, 0.15) is 0 Å². The molecule has 1 amide bonds. The Labute approximate surface area is 66.6 Å². The fourth-order valence-electron chi connectivity index (χ4n) is 0.899. The highest BCUT2D eigenvalue weighted by Gasteiger charge is 2.17. The Morgan fingerprint density at radius 2 is 2.55 bits per heavy atom. The average Bonchev–Trinajstić information content (AvgIpc) is 2.53. The summed E-state index contributed by atoms with van der Waals surface area (Å²) in [7, 11) is 1.77. The predicted molar refractivity (Wildman–Crippen MR) is 42.0 cm³/mol. The second kappa shape index (κ2) is 3.42. The minimum absolute atomic E-state index is 0.00926. The molecule has 0 aromatic rings. The minimum Gasteiger partial charge on any atom is -0.488 e. The third-order valence-corrected chi connectivity index (χ3v) is 1.74. The van der Waals surface area contributed by atoms with Crippen molar-refractivity contribution in [2.75, 3.05) is 20.2 Å². The molecule has 0 atom stereocenters. The summed E-state index contributed by atoms with van der Waals surface area (Å²) in [4.78, 5) is 12.9. The van der Waals surface area contributed by atoms with E-state index in [0.717, 1.165) is 13.0 Å². The van der Waals surface area contributed by atoms with Crippen molar-refractivity contribution in [2.24, 2.45) is 0 Å². The maximum absolute atomic E-state index is 11.3. The van der Waals surface area contributed by atoms with Gasteiger partial charge in [0.15, 0.2) is 5.76 Å². The first-order valence-electron chi connectivity index (χ1n) is 3.84. The van der Waals surface area contributed by atoms with Crippen LogP contribution in [0.25, 0.3) is 0 Å². The fourth-order valence-corrected chi connectivity index (χ4v) is 0.899. The number of likely N-dealkylation sites (N-methyl/N-ethyl adjacent to an activating group) is 1. The molecule has 0 saturated carbocycles. The lowest BCUT2D eigenvalue weighted by Gasteiger charge is -2.14. The van der Waals surface area contributed by atoms with E-state index in [1.165, 1.54) is 0 Å². The molecule has 1 heterocycles. The zero-order chi connectivity index (χ0) is 8.27. The predicted octanol–water partition coefficient (Wildman–Crippen LogP) is 0.769. The van der Waals surface area contributed by atoms with Crippen LogP contribution in [0.3, 0.4) is 0 Å². The molecule has 0 N–H and O–H groups in total. The van der Waals surface area contributed by atoms with Gasteiger partial charge < -0.3 is 9.64 Å². The molecule has 0 aliphatic carbocycles. The molecule has 0 bridgehead atoms. The molecule has 11 heavy (non-hydrogen) atoms. The Bertz CT molecular complexity index is 187. The van der Waals surface area contributed by atoms with Gasteiger partial charge in [-0.1, -0.05) is 0 Å². The van der Waals surface area contributed by atoms with Crippen LogP contribution < -0.4 is 0 Å². The van der Waals surface area contributed by atoms with Crippen LogP contribution in [-0.4, -0.2) is 31.0 Å². The first-order chi connectivity index (χ1) is 5.25. The SMILES string of the molecule is CCN(C)C(=O)C1=CCCO1. The third-order valence-electron chi connectivity index (χ3n) is 1.74. The van der Waals surface area contributed by atoms with Gasteiger partial charge in [-0.25, -0.2) is 0 Å². The van der Waals surface area contributed by atoms with Crippen molar-refractivity contribution < 1.29 is 9.53 Å². The number of carbonyl (C=O) groups is 1. The van der Waals surface area contributed by atoms with E-state index in [1.807, 2.05) is 13.0 Å². The topological polar surface area (TPSA) is 29.5 Å². The molecule has 3 heteroatoms. The summed E-state index contributed by atoms with van der Waals surface area (Å²) in [5.41, 5.74) is 0. The van der Waals surface area contributed by atoms with Crippen LogP contribution in [0, 0.1) is 0 Å². The standard InChI is InChI=1S/C8H13NO2/c1-3-9(2)8(10)7-5-4-6-11-7/h5H,3-4,6H2,1-2H3. The summed E-state index contributed by atoms with van der Waals surface area (Å²) in [5.74, 6) is 0.499. The van der Waals surface area contributed by atoms with Crippen molar-refractivity contribution in [3.63, 3.8) is 0 Å². The maximum atomic E-state index is 11.3. The van der Waals surface area contributed by atoms with E-state index in [0.29, 0.717) is 12.4 Å². The fraction of sp³-hybridized carbons (Fsp3) is 0.625. The summed E-state index contributed by atoms with van der Waals surface area (Å²) in [6, 6.07) is 0. The van der Waals surface area contributed by atoms with Crippen LogP contribution in [0.4, 0.5) is 0 Å². The van der Waals surface area contributed by atoms with Gasteiger partial charge in [-0.15, -0.1) is 0 Å². The Morgan fingerprint density at radius 1 is 1.82 bits per heavy atom. The van der Waals surface area contributed by atoms with E-state index >= 15 is 0 Å². The van der Waals surface area contributed by atoms with Gasteiger partial charge in [0.2, 0.25) is 0 Å². The van der Waals surface area contributed by atoms with Crippen molar-refractivity contribution in [1.82, 2.24) is 4.90 Å². The van der Waals surface area contributed by atoms with E-state index in [1.54, 1.807) is 11.9 Å². The molecule has 0 radical (unpaired) electrons. The second-order valence-corrected chi connectivity index (χ2v) is 2.52. The Kier molecular flexibility index (Phi) is 2.52. The molecular weight excluding hydrogens is 142 g/mol. The first-order valence-corrected chi connectivity index (χ1v) is 3.84. The monoisotopic (exact) mass is 155 g/mol. The molecule has 0 aromatic carbocycles. The zero-order valence-electron chi connectivity index (χ0n) is 6.96. The van der Waals surface area contributed by atoms with Crippen LogP contribution in [0.2, 0.25) is 0 Å². The largest absolute Gasteiger partial charge is 0.488 e. The van der Waals surface area contributed by atoms with Crippen LogP contribution in [-0.2, 0) is 9.53 Å². The van der Waals surface area contributed by atoms with E-state index in [-0.39, 0.29) is 5.91 Å². The Hall–Kier alpha value is -0.990. The summed E-state index contributed by atoms with van der Waals surface area (Å²) in [6.45, 7) is 3.31. The van der Waals surface area contributed by atoms with Gasteiger partial charge in [0, 0.05) is 20.0 Å². The average molecular weight is 155 g/mol. The van der Waals surface area contributed by atoms with E-state index < -0.39 is 0 Å². The number of rotatable bonds is 2. The van der Waals surface area contributed by atoms with Crippen LogP contribution in [0.1, 0.15) is 13.3 Å². The number of carbonyl (C=O) groups excluding carboxylic acids is 1. The van der Waals surface area contributed by atoms with E-state index in [4.69, 9.17) is 4.74 Å². The molecule has 1 aliphatic rings. The molecule has 62 valence electrons. The van der Waals surface area contributed by atoms with Crippen molar-refractivity contribution in [3.8, 4) is 0 Å². The van der Waals surface area contributed by atoms with Crippen molar-refractivity contribution in [1.29, 1.82) is 0 Å². The molecule has 0 unspecified atom stereocenters. The Balaban J connectivity index is 2.53. The number of amides is 1. The zero-order valence-corrected chi connectivity index (χ0v) is 6.96. The maximum Gasteiger partial charge on any atom is 0.288 e. The quantitative estimate of drug-likeness (QED) is 0.589. The highest BCUT2D eigenvalue weighted by Crippen LogP contribution is 2.10. The lowest BCUT2D eigenvalue weighted by Crippen LogP contribution is -2.27. The molecule has 1 aliphatic heterocycles. The first kappa shape index (κ1) is 8.11.